The van der Waals surface area contributed by atoms with E-state index >= 15 is 0 Å². The van der Waals surface area contributed by atoms with Gasteiger partial charge in [0.2, 0.25) is 0 Å². The number of carbonyl (C=O) groups excluding carboxylic acids is 2. The van der Waals surface area contributed by atoms with Crippen LogP contribution in [0.15, 0.2) is 17.9 Å². The van der Waals surface area contributed by atoms with E-state index in [2.05, 4.69) is 63.7 Å². The molecule has 1 aromatic rings. The highest BCUT2D eigenvalue weighted by Crippen LogP contribution is 2.45. The summed E-state index contributed by atoms with van der Waals surface area (Å²) in [5, 5.41) is 9.21. The summed E-state index contributed by atoms with van der Waals surface area (Å²) in [6.07, 6.45) is 0.137. The Bertz CT molecular complexity index is 642. The van der Waals surface area contributed by atoms with Gasteiger partial charge in [-0.25, -0.2) is 4.79 Å². The van der Waals surface area contributed by atoms with Gasteiger partial charge in [0.25, 0.3) is 11.8 Å². The van der Waals surface area contributed by atoms with Gasteiger partial charge in [0.15, 0.2) is 0 Å². The number of hydrogen-bond donors (Lipinski definition) is 1. The Morgan fingerprint density at radius 3 is 1.67 bits per heavy atom. The largest absolute Gasteiger partial charge is 0.480 e. The van der Waals surface area contributed by atoms with E-state index in [-0.39, 0.29) is 17.5 Å². The van der Waals surface area contributed by atoms with Gasteiger partial charge in [0.1, 0.15) is 6.04 Å². The maximum atomic E-state index is 12.5. The number of halogens is 4. The number of fused-ring (bicyclic) bond motifs is 1. The summed E-state index contributed by atoms with van der Waals surface area (Å²) in [6, 6.07) is -1.19. The summed E-state index contributed by atoms with van der Waals surface area (Å²) in [6.45, 7) is 1.61. The summed E-state index contributed by atoms with van der Waals surface area (Å²) in [5.74, 6) is -2.45. The van der Waals surface area contributed by atoms with Crippen LogP contribution in [0.5, 0.6) is 0 Å². The zero-order chi connectivity index (χ0) is 16.1. The third-order valence-corrected chi connectivity index (χ3v) is 7.88. The normalized spacial score (nSPS) is 15.4. The molecule has 1 aromatic carbocycles. The third-order valence-electron chi connectivity index (χ3n) is 3.12. The van der Waals surface area contributed by atoms with E-state index in [9.17, 15) is 19.5 Å². The van der Waals surface area contributed by atoms with Crippen molar-refractivity contribution in [3.05, 3.63) is 29.0 Å². The summed E-state index contributed by atoms with van der Waals surface area (Å²) >= 11 is 13.2. The first-order valence-electron chi connectivity index (χ1n) is 5.70. The van der Waals surface area contributed by atoms with Crippen molar-refractivity contribution >= 4 is 81.5 Å². The Hall–Kier alpha value is -0.250. The second-order valence-electron chi connectivity index (χ2n) is 4.25. The summed E-state index contributed by atoms with van der Waals surface area (Å²) < 4.78 is 1.96. The number of hydrogen-bond acceptors (Lipinski definition) is 3. The molecule has 0 fully saturated rings. The highest BCUT2D eigenvalue weighted by atomic mass is 79.9. The molecule has 112 valence electrons. The SMILES string of the molecule is CC[C@H](C(=O)O)N1C(=O)c2c(Br)c(Br)c(Br)c(Br)c2C1=O. The fourth-order valence-corrected chi connectivity index (χ4v) is 4.57. The number of amides is 2. The van der Waals surface area contributed by atoms with Crippen molar-refractivity contribution < 1.29 is 19.5 Å². The number of carboxylic acids is 1. The molecule has 0 radical (unpaired) electrons. The number of carbonyl (C=O) groups is 3. The fourth-order valence-electron chi connectivity index (χ4n) is 2.12. The predicted octanol–water partition coefficient (Wildman–Crippen LogP) is 4.20. The Balaban J connectivity index is 2.71. The molecule has 1 aliphatic heterocycles. The van der Waals surface area contributed by atoms with Gasteiger partial charge in [-0.15, -0.1) is 0 Å². The number of rotatable bonds is 3. The number of nitrogens with zero attached hydrogens (tertiary/aromatic N) is 1. The van der Waals surface area contributed by atoms with Crippen molar-refractivity contribution in [1.82, 2.24) is 4.90 Å². The molecule has 2 rings (SSSR count). The lowest BCUT2D eigenvalue weighted by atomic mass is 10.1. The molecular weight excluding hydrogens is 542 g/mol. The van der Waals surface area contributed by atoms with E-state index in [1.807, 2.05) is 0 Å². The second kappa shape index (κ2) is 6.10. The highest BCUT2D eigenvalue weighted by molar-refractivity contribution is 9.15. The Morgan fingerprint density at radius 2 is 1.38 bits per heavy atom. The molecule has 0 unspecified atom stereocenters. The molecule has 0 saturated carbocycles. The number of benzene rings is 1. The van der Waals surface area contributed by atoms with Crippen LogP contribution < -0.4 is 0 Å². The van der Waals surface area contributed by atoms with E-state index in [0.717, 1.165) is 4.90 Å². The molecule has 21 heavy (non-hydrogen) atoms. The monoisotopic (exact) mass is 545 g/mol. The maximum Gasteiger partial charge on any atom is 0.326 e. The molecule has 9 heteroatoms. The minimum absolute atomic E-state index is 0.137. The van der Waals surface area contributed by atoms with E-state index < -0.39 is 23.8 Å². The van der Waals surface area contributed by atoms with Crippen LogP contribution in [-0.4, -0.2) is 33.8 Å². The molecule has 0 aromatic heterocycles. The molecule has 5 nitrogen and oxygen atoms in total. The van der Waals surface area contributed by atoms with Crippen molar-refractivity contribution in [3.8, 4) is 0 Å². The smallest absolute Gasteiger partial charge is 0.326 e. The molecule has 2 amide bonds. The summed E-state index contributed by atoms with van der Waals surface area (Å²) in [5.41, 5.74) is 0.309. The van der Waals surface area contributed by atoms with Gasteiger partial charge in [-0.2, -0.15) is 0 Å². The Labute approximate surface area is 153 Å². The first kappa shape index (κ1) is 17.1. The van der Waals surface area contributed by atoms with Crippen LogP contribution in [-0.2, 0) is 4.79 Å². The molecule has 1 atom stereocenters. The van der Waals surface area contributed by atoms with Gasteiger partial charge >= 0.3 is 5.97 Å². The minimum atomic E-state index is -1.21. The van der Waals surface area contributed by atoms with Crippen LogP contribution in [0, 0.1) is 0 Å². The van der Waals surface area contributed by atoms with Gasteiger partial charge in [-0.3, -0.25) is 14.5 Å². The number of aliphatic carboxylic acids is 1. The van der Waals surface area contributed by atoms with E-state index in [1.165, 1.54) is 0 Å². The zero-order valence-corrected chi connectivity index (χ0v) is 16.8. The van der Waals surface area contributed by atoms with Gasteiger partial charge in [-0.05, 0) is 70.1 Å². The number of carboxylic acid groups (broad SMARTS) is 1. The van der Waals surface area contributed by atoms with Crippen LogP contribution in [0.2, 0.25) is 0 Å². The lowest BCUT2D eigenvalue weighted by Gasteiger charge is -2.20. The quantitative estimate of drug-likeness (QED) is 0.349. The highest BCUT2D eigenvalue weighted by Gasteiger charge is 2.45. The first-order chi connectivity index (χ1) is 9.73. The van der Waals surface area contributed by atoms with Crippen molar-refractivity contribution in [3.63, 3.8) is 0 Å². The first-order valence-corrected chi connectivity index (χ1v) is 8.87. The van der Waals surface area contributed by atoms with E-state index in [0.29, 0.717) is 17.9 Å². The Morgan fingerprint density at radius 1 is 1.00 bits per heavy atom. The molecule has 0 aliphatic carbocycles. The van der Waals surface area contributed by atoms with Crippen molar-refractivity contribution in [2.75, 3.05) is 0 Å². The van der Waals surface area contributed by atoms with Crippen molar-refractivity contribution in [2.24, 2.45) is 0 Å². The molecule has 0 bridgehead atoms. The molecule has 1 aliphatic rings. The average Bonchev–Trinajstić information content (AvgIpc) is 2.68. The van der Waals surface area contributed by atoms with Crippen molar-refractivity contribution in [1.29, 1.82) is 0 Å². The maximum absolute atomic E-state index is 12.5. The summed E-state index contributed by atoms with van der Waals surface area (Å²) in [7, 11) is 0. The van der Waals surface area contributed by atoms with Gasteiger partial charge in [-0.1, -0.05) is 6.92 Å². The van der Waals surface area contributed by atoms with Crippen LogP contribution >= 0.6 is 63.7 Å². The van der Waals surface area contributed by atoms with Gasteiger partial charge in [0.05, 0.1) is 11.1 Å². The molecule has 0 spiro atoms. The zero-order valence-electron chi connectivity index (χ0n) is 10.4. The topological polar surface area (TPSA) is 74.7 Å². The number of imide groups is 1. The fraction of sp³-hybridized carbons (Fsp3) is 0.250. The van der Waals surface area contributed by atoms with Gasteiger partial charge < -0.3 is 5.11 Å². The second-order valence-corrected chi connectivity index (χ2v) is 7.42. The lowest BCUT2D eigenvalue weighted by molar-refractivity contribution is -0.141. The standard InChI is InChI=1S/C12H7Br4NO4/c1-2-3(12(20)21)17-10(18)4-5(11(17)19)7(14)9(16)8(15)6(4)13/h3H,2H2,1H3,(H,20,21)/t3-/m1/s1. The third kappa shape index (κ3) is 2.51. The van der Waals surface area contributed by atoms with Crippen LogP contribution in [0.4, 0.5) is 0 Å². The summed E-state index contributed by atoms with van der Waals surface area (Å²) in [4.78, 5) is 37.1. The predicted molar refractivity (Wildman–Crippen MR) is 89.5 cm³/mol. The molecule has 0 saturated heterocycles. The van der Waals surface area contributed by atoms with Crippen molar-refractivity contribution in [2.45, 2.75) is 19.4 Å². The van der Waals surface area contributed by atoms with E-state index in [4.69, 9.17) is 0 Å². The lowest BCUT2D eigenvalue weighted by Crippen LogP contribution is -2.44. The average molecular weight is 549 g/mol. The minimum Gasteiger partial charge on any atom is -0.480 e. The van der Waals surface area contributed by atoms with Crippen LogP contribution in [0.25, 0.3) is 0 Å². The Kier molecular flexibility index (Phi) is 4.97. The van der Waals surface area contributed by atoms with Gasteiger partial charge in [0, 0.05) is 17.9 Å². The van der Waals surface area contributed by atoms with E-state index in [1.54, 1.807) is 6.92 Å². The van der Waals surface area contributed by atoms with Crippen LogP contribution in [0.3, 0.4) is 0 Å². The van der Waals surface area contributed by atoms with Crippen LogP contribution in [0.1, 0.15) is 34.1 Å². The molecule has 1 N–H and O–H groups in total. The molecular formula is C12H7Br4NO4. The molecule has 1 heterocycles.